The maximum Gasteiger partial charge on any atom is 0.335 e. The summed E-state index contributed by atoms with van der Waals surface area (Å²) in [5.74, 6) is 0.264. The molecule has 1 aromatic heterocycles. The van der Waals surface area contributed by atoms with Gasteiger partial charge in [-0.1, -0.05) is 30.3 Å². The number of carbonyl (C=O) groups is 1. The normalized spacial score (nSPS) is 14.5. The molecule has 3 aromatic rings. The molecule has 0 aliphatic carbocycles. The van der Waals surface area contributed by atoms with Gasteiger partial charge >= 0.3 is 5.97 Å². The number of piperazine rings is 1. The van der Waals surface area contributed by atoms with Crippen molar-refractivity contribution in [3.8, 4) is 0 Å². The van der Waals surface area contributed by atoms with E-state index in [0.717, 1.165) is 32.7 Å². The molecule has 1 aliphatic heterocycles. The van der Waals surface area contributed by atoms with Crippen molar-refractivity contribution < 1.29 is 9.90 Å². The summed E-state index contributed by atoms with van der Waals surface area (Å²) in [5.41, 5.74) is 9.10. The second-order valence-corrected chi connectivity index (χ2v) is 7.22. The fourth-order valence-electron chi connectivity index (χ4n) is 3.53. The third-order valence-corrected chi connectivity index (χ3v) is 5.18. The number of nitrogens with two attached hydrogens (primary N) is 1. The summed E-state index contributed by atoms with van der Waals surface area (Å²) in [6.45, 7) is 4.46. The lowest BCUT2D eigenvalue weighted by Crippen LogP contribution is -2.46. The van der Waals surface area contributed by atoms with Gasteiger partial charge in [0.15, 0.2) is 11.6 Å². The molecule has 0 atom stereocenters. The predicted octanol–water partition coefficient (Wildman–Crippen LogP) is 2.82. The SMILES string of the molecule is Nc1c(Nc2ccc(C(=O)O)cc2)ncnc1N1CCN(Cc2ccccc2)CC1. The molecular weight excluding hydrogens is 380 g/mol. The molecule has 0 spiro atoms. The van der Waals surface area contributed by atoms with Crippen LogP contribution in [0.3, 0.4) is 0 Å². The number of carboxylic acids is 1. The lowest BCUT2D eigenvalue weighted by atomic mass is 10.2. The van der Waals surface area contributed by atoms with Gasteiger partial charge in [0.1, 0.15) is 12.0 Å². The van der Waals surface area contributed by atoms with Crippen LogP contribution < -0.4 is 16.0 Å². The van der Waals surface area contributed by atoms with Crippen LogP contribution in [0.4, 0.5) is 23.0 Å². The summed E-state index contributed by atoms with van der Waals surface area (Å²) < 4.78 is 0. The number of hydrogen-bond acceptors (Lipinski definition) is 7. The maximum atomic E-state index is 11.0. The minimum atomic E-state index is -0.961. The van der Waals surface area contributed by atoms with E-state index in [2.05, 4.69) is 49.4 Å². The van der Waals surface area contributed by atoms with Gasteiger partial charge < -0.3 is 21.1 Å². The van der Waals surface area contributed by atoms with Crippen molar-refractivity contribution in [1.29, 1.82) is 0 Å². The van der Waals surface area contributed by atoms with Gasteiger partial charge in [0.25, 0.3) is 0 Å². The Bertz CT molecular complexity index is 1000. The van der Waals surface area contributed by atoms with Crippen LogP contribution in [-0.4, -0.2) is 52.1 Å². The maximum absolute atomic E-state index is 11.0. The molecule has 30 heavy (non-hydrogen) atoms. The summed E-state index contributed by atoms with van der Waals surface area (Å²) in [6.07, 6.45) is 1.50. The van der Waals surface area contributed by atoms with Crippen molar-refractivity contribution in [2.75, 3.05) is 42.1 Å². The lowest BCUT2D eigenvalue weighted by molar-refractivity contribution is 0.0697. The molecule has 154 valence electrons. The van der Waals surface area contributed by atoms with Gasteiger partial charge in [-0.25, -0.2) is 14.8 Å². The molecule has 0 radical (unpaired) electrons. The van der Waals surface area contributed by atoms with E-state index in [0.29, 0.717) is 23.0 Å². The highest BCUT2D eigenvalue weighted by atomic mass is 16.4. The van der Waals surface area contributed by atoms with Gasteiger partial charge in [-0.15, -0.1) is 0 Å². The van der Waals surface area contributed by atoms with Gasteiger partial charge in [-0.2, -0.15) is 0 Å². The zero-order valence-electron chi connectivity index (χ0n) is 16.5. The standard InChI is InChI=1S/C22H24N6O2/c23-19-20(26-18-8-6-17(7-9-18)22(29)30)24-15-25-21(19)28-12-10-27(11-13-28)14-16-4-2-1-3-5-16/h1-9,15H,10-14,23H2,(H,29,30)(H,24,25,26). The molecule has 1 aliphatic rings. The van der Waals surface area contributed by atoms with Crippen molar-refractivity contribution in [1.82, 2.24) is 14.9 Å². The van der Waals surface area contributed by atoms with Crippen molar-refractivity contribution in [3.05, 3.63) is 72.1 Å². The van der Waals surface area contributed by atoms with Crippen molar-refractivity contribution in [3.63, 3.8) is 0 Å². The second kappa shape index (κ2) is 8.79. The third-order valence-electron chi connectivity index (χ3n) is 5.18. The molecule has 1 saturated heterocycles. The van der Waals surface area contributed by atoms with E-state index in [4.69, 9.17) is 10.8 Å². The smallest absolute Gasteiger partial charge is 0.335 e. The first-order chi connectivity index (χ1) is 14.6. The molecule has 0 bridgehead atoms. The number of benzene rings is 2. The Morgan fingerprint density at radius 1 is 1.00 bits per heavy atom. The number of aromatic carboxylic acids is 1. The van der Waals surface area contributed by atoms with Crippen molar-refractivity contribution in [2.45, 2.75) is 6.54 Å². The average molecular weight is 404 g/mol. The Hall–Kier alpha value is -3.65. The highest BCUT2D eigenvalue weighted by Crippen LogP contribution is 2.29. The van der Waals surface area contributed by atoms with Crippen LogP contribution in [0.25, 0.3) is 0 Å². The summed E-state index contributed by atoms with van der Waals surface area (Å²) in [7, 11) is 0. The number of carboxylic acid groups (broad SMARTS) is 1. The van der Waals surface area contributed by atoms with Crippen LogP contribution in [0, 0.1) is 0 Å². The number of nitrogens with zero attached hydrogens (tertiary/aromatic N) is 4. The first-order valence-electron chi connectivity index (χ1n) is 9.82. The van der Waals surface area contributed by atoms with E-state index >= 15 is 0 Å². The van der Waals surface area contributed by atoms with Crippen molar-refractivity contribution in [2.24, 2.45) is 0 Å². The van der Waals surface area contributed by atoms with Crippen LogP contribution in [0.5, 0.6) is 0 Å². The predicted molar refractivity (Wildman–Crippen MR) is 117 cm³/mol. The second-order valence-electron chi connectivity index (χ2n) is 7.22. The van der Waals surface area contributed by atoms with Gasteiger partial charge in [0.2, 0.25) is 0 Å². The number of nitrogens with one attached hydrogen (secondary N) is 1. The molecule has 0 amide bonds. The Kier molecular flexibility index (Phi) is 5.76. The first kappa shape index (κ1) is 19.7. The molecule has 8 heteroatoms. The van der Waals surface area contributed by atoms with Gasteiger partial charge in [-0.05, 0) is 29.8 Å². The Labute approximate surface area is 175 Å². The largest absolute Gasteiger partial charge is 0.478 e. The molecule has 0 saturated carbocycles. The minimum absolute atomic E-state index is 0.227. The molecule has 1 fully saturated rings. The van der Waals surface area contributed by atoms with Crippen LogP contribution >= 0.6 is 0 Å². The van der Waals surface area contributed by atoms with Crippen LogP contribution in [-0.2, 0) is 6.54 Å². The summed E-state index contributed by atoms with van der Waals surface area (Å²) in [4.78, 5) is 24.3. The topological polar surface area (TPSA) is 108 Å². The van der Waals surface area contributed by atoms with Crippen LogP contribution in [0.1, 0.15) is 15.9 Å². The zero-order valence-corrected chi connectivity index (χ0v) is 16.5. The summed E-state index contributed by atoms with van der Waals surface area (Å²) in [5, 5.41) is 12.2. The molecule has 2 heterocycles. The minimum Gasteiger partial charge on any atom is -0.478 e. The summed E-state index contributed by atoms with van der Waals surface area (Å²) in [6, 6.07) is 16.9. The number of aromatic nitrogens is 2. The first-order valence-corrected chi connectivity index (χ1v) is 9.82. The zero-order chi connectivity index (χ0) is 20.9. The van der Waals surface area contributed by atoms with E-state index in [1.54, 1.807) is 12.1 Å². The highest BCUT2D eigenvalue weighted by molar-refractivity contribution is 5.88. The molecule has 2 aromatic carbocycles. The molecular formula is C22H24N6O2. The Balaban J connectivity index is 1.41. The highest BCUT2D eigenvalue weighted by Gasteiger charge is 2.21. The van der Waals surface area contributed by atoms with Gasteiger partial charge in [-0.3, -0.25) is 4.90 Å². The quantitative estimate of drug-likeness (QED) is 0.576. The Morgan fingerprint density at radius 2 is 1.70 bits per heavy atom. The molecule has 4 N–H and O–H groups in total. The van der Waals surface area contributed by atoms with Crippen molar-refractivity contribution >= 4 is 29.0 Å². The number of rotatable bonds is 6. The van der Waals surface area contributed by atoms with E-state index in [1.165, 1.54) is 24.0 Å². The summed E-state index contributed by atoms with van der Waals surface area (Å²) >= 11 is 0. The van der Waals surface area contributed by atoms with Gasteiger partial charge in [0.05, 0.1) is 5.56 Å². The average Bonchev–Trinajstić information content (AvgIpc) is 2.77. The van der Waals surface area contributed by atoms with Gasteiger partial charge in [0, 0.05) is 38.4 Å². The number of hydrogen-bond donors (Lipinski definition) is 3. The van der Waals surface area contributed by atoms with E-state index in [-0.39, 0.29) is 5.56 Å². The van der Waals surface area contributed by atoms with Crippen LogP contribution in [0.2, 0.25) is 0 Å². The van der Waals surface area contributed by atoms with E-state index < -0.39 is 5.97 Å². The number of anilines is 4. The molecule has 8 nitrogen and oxygen atoms in total. The molecule has 0 unspecified atom stereocenters. The fourth-order valence-corrected chi connectivity index (χ4v) is 3.53. The molecule has 4 rings (SSSR count). The fraction of sp³-hybridized carbons (Fsp3) is 0.227. The monoisotopic (exact) mass is 404 g/mol. The van der Waals surface area contributed by atoms with E-state index in [9.17, 15) is 4.79 Å². The Morgan fingerprint density at radius 3 is 2.37 bits per heavy atom. The van der Waals surface area contributed by atoms with E-state index in [1.807, 2.05) is 6.07 Å². The number of nitrogen functional groups attached to an aromatic ring is 1. The van der Waals surface area contributed by atoms with Crippen LogP contribution in [0.15, 0.2) is 60.9 Å². The lowest BCUT2D eigenvalue weighted by Gasteiger charge is -2.36. The third kappa shape index (κ3) is 4.49.